The van der Waals surface area contributed by atoms with Gasteiger partial charge in [0.05, 0.1) is 0 Å². The monoisotopic (exact) mass is 287 g/mol. The molecule has 0 bridgehead atoms. The second kappa shape index (κ2) is 6.68. The number of aromatic nitrogens is 1. The lowest BCUT2D eigenvalue weighted by Gasteiger charge is -2.21. The van der Waals surface area contributed by atoms with Gasteiger partial charge in [0.2, 0.25) is 0 Å². The Kier molecular flexibility index (Phi) is 4.91. The average molecular weight is 287 g/mol. The number of hydrogen-bond acceptors (Lipinski definition) is 3. The molecule has 3 nitrogen and oxygen atoms in total. The molecule has 0 fully saturated rings. The van der Waals surface area contributed by atoms with Crippen LogP contribution >= 0.6 is 0 Å². The molecule has 0 aliphatic heterocycles. The zero-order valence-electron chi connectivity index (χ0n) is 12.8. The fourth-order valence-corrected chi connectivity index (χ4v) is 2.47. The van der Waals surface area contributed by atoms with Crippen molar-refractivity contribution in [3.05, 3.63) is 59.0 Å². The maximum atomic E-state index is 13.7. The molecule has 0 aliphatic rings. The van der Waals surface area contributed by atoms with Crippen molar-refractivity contribution in [1.29, 1.82) is 0 Å². The van der Waals surface area contributed by atoms with E-state index in [0.717, 1.165) is 23.4 Å². The maximum absolute atomic E-state index is 13.7. The zero-order chi connectivity index (χ0) is 15.4. The van der Waals surface area contributed by atoms with Gasteiger partial charge in [0.15, 0.2) is 0 Å². The molecule has 4 heteroatoms. The van der Waals surface area contributed by atoms with Gasteiger partial charge in [-0.15, -0.1) is 0 Å². The summed E-state index contributed by atoms with van der Waals surface area (Å²) in [5.41, 5.74) is 8.68. The molecule has 1 aromatic carbocycles. The van der Waals surface area contributed by atoms with Crippen LogP contribution in [-0.2, 0) is 13.0 Å². The fourth-order valence-electron chi connectivity index (χ4n) is 2.47. The molecule has 2 N–H and O–H groups in total. The Morgan fingerprint density at radius 2 is 2.05 bits per heavy atom. The lowest BCUT2D eigenvalue weighted by atomic mass is 10.1. The number of hydrogen-bond donors (Lipinski definition) is 1. The normalized spacial score (nSPS) is 12.2. The summed E-state index contributed by atoms with van der Waals surface area (Å²) < 4.78 is 13.7. The Balaban J connectivity index is 2.16. The first-order chi connectivity index (χ1) is 9.97. The van der Waals surface area contributed by atoms with Gasteiger partial charge in [-0.05, 0) is 37.5 Å². The molecule has 1 atom stereocenters. The predicted octanol–water partition coefficient (Wildman–Crippen LogP) is 3.06. The van der Waals surface area contributed by atoms with Crippen molar-refractivity contribution < 1.29 is 4.39 Å². The zero-order valence-corrected chi connectivity index (χ0v) is 12.8. The first-order valence-corrected chi connectivity index (χ1v) is 7.13. The molecule has 112 valence electrons. The molecular weight excluding hydrogens is 265 g/mol. The second-order valence-electron chi connectivity index (χ2n) is 5.61. The van der Waals surface area contributed by atoms with Crippen molar-refractivity contribution in [3.63, 3.8) is 0 Å². The summed E-state index contributed by atoms with van der Waals surface area (Å²) in [6.45, 7) is 4.49. The van der Waals surface area contributed by atoms with Gasteiger partial charge in [0.25, 0.3) is 0 Å². The number of anilines is 1. The highest BCUT2D eigenvalue weighted by molar-refractivity contribution is 5.47. The van der Waals surface area contributed by atoms with E-state index in [1.54, 1.807) is 12.1 Å². The predicted molar refractivity (Wildman–Crippen MR) is 84.8 cm³/mol. The van der Waals surface area contributed by atoms with Crippen molar-refractivity contribution in [2.24, 2.45) is 5.73 Å². The molecule has 1 aromatic heterocycles. The Bertz CT molecular complexity index is 611. The lowest BCUT2D eigenvalue weighted by Crippen LogP contribution is -2.21. The van der Waals surface area contributed by atoms with Crippen molar-refractivity contribution >= 4 is 5.82 Å². The quantitative estimate of drug-likeness (QED) is 0.919. The van der Waals surface area contributed by atoms with Crippen LogP contribution in [0.25, 0.3) is 0 Å². The number of pyridine rings is 1. The van der Waals surface area contributed by atoms with Crippen LogP contribution in [0.3, 0.4) is 0 Å². The van der Waals surface area contributed by atoms with E-state index in [2.05, 4.69) is 11.1 Å². The van der Waals surface area contributed by atoms with Crippen LogP contribution in [0.4, 0.5) is 10.2 Å². The van der Waals surface area contributed by atoms with Gasteiger partial charge >= 0.3 is 0 Å². The third kappa shape index (κ3) is 4.02. The fraction of sp³-hybridized carbons (Fsp3) is 0.353. The Morgan fingerprint density at radius 3 is 2.67 bits per heavy atom. The standard InChI is InChI=1S/C17H22FN3/c1-12-8-14(9-13(2)19)10-20-17(12)21(3)11-15-6-4-5-7-16(15)18/h4-8,10,13H,9,11,19H2,1-3H3. The SMILES string of the molecule is Cc1cc(CC(C)N)cnc1N(C)Cc1ccccc1F. The Labute approximate surface area is 125 Å². The molecule has 0 amide bonds. The Morgan fingerprint density at radius 1 is 1.33 bits per heavy atom. The molecule has 0 saturated heterocycles. The van der Waals surface area contributed by atoms with Crippen molar-refractivity contribution in [3.8, 4) is 0 Å². The molecule has 1 heterocycles. The molecule has 2 aromatic rings. The van der Waals surface area contributed by atoms with Gasteiger partial charge in [0.1, 0.15) is 11.6 Å². The highest BCUT2D eigenvalue weighted by atomic mass is 19.1. The number of nitrogens with zero attached hydrogens (tertiary/aromatic N) is 2. The summed E-state index contributed by atoms with van der Waals surface area (Å²) >= 11 is 0. The third-order valence-corrected chi connectivity index (χ3v) is 3.39. The van der Waals surface area contributed by atoms with E-state index in [1.165, 1.54) is 6.07 Å². The van der Waals surface area contributed by atoms with Crippen molar-refractivity contribution in [2.45, 2.75) is 32.9 Å². The summed E-state index contributed by atoms with van der Waals surface area (Å²) in [5.74, 6) is 0.683. The summed E-state index contributed by atoms with van der Waals surface area (Å²) in [5, 5.41) is 0. The van der Waals surface area contributed by atoms with Crippen molar-refractivity contribution in [1.82, 2.24) is 4.98 Å². The first kappa shape index (κ1) is 15.4. The van der Waals surface area contributed by atoms with E-state index in [9.17, 15) is 4.39 Å². The molecule has 0 spiro atoms. The van der Waals surface area contributed by atoms with Gasteiger partial charge < -0.3 is 10.6 Å². The van der Waals surface area contributed by atoms with E-state index < -0.39 is 0 Å². The van der Waals surface area contributed by atoms with Gasteiger partial charge in [-0.3, -0.25) is 0 Å². The van der Waals surface area contributed by atoms with Gasteiger partial charge in [-0.2, -0.15) is 0 Å². The molecule has 1 unspecified atom stereocenters. The van der Waals surface area contributed by atoms with E-state index in [1.807, 2.05) is 38.1 Å². The van der Waals surface area contributed by atoms with Gasteiger partial charge in [-0.1, -0.05) is 24.3 Å². The summed E-state index contributed by atoms with van der Waals surface area (Å²) in [6.07, 6.45) is 2.66. The van der Waals surface area contributed by atoms with Crippen LogP contribution in [-0.4, -0.2) is 18.1 Å². The van der Waals surface area contributed by atoms with Gasteiger partial charge in [-0.25, -0.2) is 9.37 Å². The van der Waals surface area contributed by atoms with E-state index in [0.29, 0.717) is 12.1 Å². The minimum atomic E-state index is -0.185. The molecule has 21 heavy (non-hydrogen) atoms. The lowest BCUT2D eigenvalue weighted by molar-refractivity contribution is 0.607. The molecule has 2 rings (SSSR count). The molecule has 0 aliphatic carbocycles. The van der Waals surface area contributed by atoms with Gasteiger partial charge in [0, 0.05) is 31.4 Å². The minimum Gasteiger partial charge on any atom is -0.355 e. The van der Waals surface area contributed by atoms with Crippen LogP contribution in [0.5, 0.6) is 0 Å². The molecular formula is C17H22FN3. The van der Waals surface area contributed by atoms with Crippen LogP contribution in [0.15, 0.2) is 36.5 Å². The van der Waals surface area contributed by atoms with Crippen LogP contribution in [0.1, 0.15) is 23.6 Å². The highest BCUT2D eigenvalue weighted by Gasteiger charge is 2.10. The smallest absolute Gasteiger partial charge is 0.131 e. The summed E-state index contributed by atoms with van der Waals surface area (Å²) in [4.78, 5) is 6.47. The first-order valence-electron chi connectivity index (χ1n) is 7.13. The van der Waals surface area contributed by atoms with Crippen LogP contribution < -0.4 is 10.6 Å². The Hall–Kier alpha value is -1.94. The van der Waals surface area contributed by atoms with E-state index in [-0.39, 0.29) is 11.9 Å². The minimum absolute atomic E-state index is 0.119. The van der Waals surface area contributed by atoms with Crippen LogP contribution in [0.2, 0.25) is 0 Å². The topological polar surface area (TPSA) is 42.1 Å². The number of benzene rings is 1. The van der Waals surface area contributed by atoms with E-state index >= 15 is 0 Å². The molecule has 0 saturated carbocycles. The maximum Gasteiger partial charge on any atom is 0.131 e. The number of aryl methyl sites for hydroxylation is 1. The summed E-state index contributed by atoms with van der Waals surface area (Å²) in [6, 6.07) is 9.04. The van der Waals surface area contributed by atoms with E-state index in [4.69, 9.17) is 5.73 Å². The van der Waals surface area contributed by atoms with Crippen LogP contribution in [0, 0.1) is 12.7 Å². The number of nitrogens with two attached hydrogens (primary N) is 1. The second-order valence-corrected chi connectivity index (χ2v) is 5.61. The number of halogens is 1. The van der Waals surface area contributed by atoms with Crippen molar-refractivity contribution in [2.75, 3.05) is 11.9 Å². The number of rotatable bonds is 5. The molecule has 0 radical (unpaired) electrons. The largest absolute Gasteiger partial charge is 0.355 e. The third-order valence-electron chi connectivity index (χ3n) is 3.39. The average Bonchev–Trinajstić information content (AvgIpc) is 2.40. The highest BCUT2D eigenvalue weighted by Crippen LogP contribution is 2.20. The summed E-state index contributed by atoms with van der Waals surface area (Å²) in [7, 11) is 1.92.